The smallest absolute Gasteiger partial charge is 0.408 e. The Morgan fingerprint density at radius 3 is 2.53 bits per heavy atom. The predicted octanol–water partition coefficient (Wildman–Crippen LogP) is 3.37. The highest BCUT2D eigenvalue weighted by Gasteiger charge is 2.40. The van der Waals surface area contributed by atoms with Crippen molar-refractivity contribution in [1.29, 1.82) is 0 Å². The molecule has 11 nitrogen and oxygen atoms in total. The number of fused-ring (bicyclic) bond motifs is 1. The van der Waals surface area contributed by atoms with Gasteiger partial charge in [-0.2, -0.15) is 4.80 Å². The number of benzene rings is 2. The molecule has 0 unspecified atom stereocenters. The molecule has 202 valence electrons. The van der Waals surface area contributed by atoms with Crippen LogP contribution in [-0.2, 0) is 32.5 Å². The van der Waals surface area contributed by atoms with E-state index in [2.05, 4.69) is 20.7 Å². The van der Waals surface area contributed by atoms with E-state index >= 15 is 4.39 Å². The van der Waals surface area contributed by atoms with Crippen molar-refractivity contribution < 1.29 is 27.1 Å². The molecule has 1 aromatic heterocycles. The van der Waals surface area contributed by atoms with Crippen molar-refractivity contribution in [3.05, 3.63) is 52.8 Å². The lowest BCUT2D eigenvalue weighted by atomic mass is 10.1. The van der Waals surface area contributed by atoms with Crippen LogP contribution in [0.15, 0.2) is 41.3 Å². The van der Waals surface area contributed by atoms with Crippen molar-refractivity contribution >= 4 is 39.1 Å². The fourth-order valence-corrected chi connectivity index (χ4v) is 5.58. The standard InChI is InChI=1S/C24H26ClFN6O5S/c1-5-32-29-21(28-30-32)16-10-19-20(11-17(16)26)38(35,36)13-18(27-23(34)37-24(2,3)4)22(33)31(19)12-14-6-8-15(25)9-7-14/h6-11,18H,5,12-13H2,1-4H3,(H,27,34)/t18-/m0/s1. The molecule has 38 heavy (non-hydrogen) atoms. The third-order valence-electron chi connectivity index (χ3n) is 5.55. The highest BCUT2D eigenvalue weighted by Crippen LogP contribution is 2.36. The van der Waals surface area contributed by atoms with Crippen LogP contribution in [0.5, 0.6) is 0 Å². The first-order valence-corrected chi connectivity index (χ1v) is 13.7. The number of nitrogens with zero attached hydrogens (tertiary/aromatic N) is 5. The largest absolute Gasteiger partial charge is 0.444 e. The lowest BCUT2D eigenvalue weighted by molar-refractivity contribution is -0.120. The van der Waals surface area contributed by atoms with Crippen molar-refractivity contribution in [3.63, 3.8) is 0 Å². The SMILES string of the molecule is CCn1nnc(-c2cc3c(cc2F)S(=O)(=O)C[C@H](NC(=O)OC(C)(C)C)C(=O)N3Cc2ccc(Cl)cc2)n1. The molecule has 1 aliphatic heterocycles. The number of hydrogen-bond donors (Lipinski definition) is 1. The van der Waals surface area contributed by atoms with Crippen LogP contribution in [0.1, 0.15) is 33.3 Å². The third-order valence-corrected chi connectivity index (χ3v) is 7.57. The highest BCUT2D eigenvalue weighted by atomic mass is 35.5. The molecule has 1 aliphatic rings. The molecule has 1 N–H and O–H groups in total. The minimum Gasteiger partial charge on any atom is -0.444 e. The molecule has 0 radical (unpaired) electrons. The second kappa shape index (κ2) is 10.3. The molecular formula is C24H26ClFN6O5S. The summed E-state index contributed by atoms with van der Waals surface area (Å²) in [6, 6.07) is 7.13. The number of anilines is 1. The minimum atomic E-state index is -4.26. The van der Waals surface area contributed by atoms with E-state index in [0.717, 1.165) is 6.07 Å². The summed E-state index contributed by atoms with van der Waals surface area (Å²) >= 11 is 6.00. The first-order chi connectivity index (χ1) is 17.8. The Hall–Kier alpha value is -3.58. The van der Waals surface area contributed by atoms with Gasteiger partial charge in [0.2, 0.25) is 5.82 Å². The van der Waals surface area contributed by atoms with Crippen LogP contribution < -0.4 is 10.2 Å². The van der Waals surface area contributed by atoms with E-state index in [1.54, 1.807) is 52.0 Å². The van der Waals surface area contributed by atoms with Crippen molar-refractivity contribution in [2.45, 2.75) is 57.3 Å². The number of sulfone groups is 1. The molecule has 2 amide bonds. The van der Waals surface area contributed by atoms with E-state index in [1.807, 2.05) is 0 Å². The normalized spacial score (nSPS) is 17.1. The van der Waals surface area contributed by atoms with E-state index in [0.29, 0.717) is 17.1 Å². The van der Waals surface area contributed by atoms with Gasteiger partial charge >= 0.3 is 6.09 Å². The number of nitrogens with one attached hydrogen (secondary N) is 1. The van der Waals surface area contributed by atoms with Crippen molar-refractivity contribution in [3.8, 4) is 11.4 Å². The van der Waals surface area contributed by atoms with Crippen LogP contribution in [0.3, 0.4) is 0 Å². The van der Waals surface area contributed by atoms with Crippen LogP contribution in [0.4, 0.5) is 14.9 Å². The van der Waals surface area contributed by atoms with E-state index < -0.39 is 49.9 Å². The summed E-state index contributed by atoms with van der Waals surface area (Å²) < 4.78 is 47.3. The molecular weight excluding hydrogens is 539 g/mol. The summed E-state index contributed by atoms with van der Waals surface area (Å²) in [7, 11) is -4.26. The predicted molar refractivity (Wildman–Crippen MR) is 137 cm³/mol. The van der Waals surface area contributed by atoms with Gasteiger partial charge in [0.25, 0.3) is 5.91 Å². The lowest BCUT2D eigenvalue weighted by Gasteiger charge is -2.27. The number of halogens is 2. The molecule has 0 saturated heterocycles. The quantitative estimate of drug-likeness (QED) is 0.498. The van der Waals surface area contributed by atoms with Gasteiger partial charge < -0.3 is 15.0 Å². The van der Waals surface area contributed by atoms with Crippen LogP contribution in [0, 0.1) is 5.82 Å². The summed E-state index contributed by atoms with van der Waals surface area (Å²) in [5.41, 5.74) is -0.484. The molecule has 3 aromatic rings. The van der Waals surface area contributed by atoms with Crippen molar-refractivity contribution in [2.75, 3.05) is 10.7 Å². The average molecular weight is 565 g/mol. The second-order valence-electron chi connectivity index (χ2n) is 9.63. The van der Waals surface area contributed by atoms with Crippen LogP contribution in [0.25, 0.3) is 11.4 Å². The first-order valence-electron chi connectivity index (χ1n) is 11.7. The molecule has 14 heteroatoms. The number of carbonyl (C=O) groups excluding carboxylic acids is 2. The molecule has 1 atom stereocenters. The van der Waals surface area contributed by atoms with Gasteiger partial charge in [-0.15, -0.1) is 10.2 Å². The topological polar surface area (TPSA) is 136 Å². The Kier molecular flexibility index (Phi) is 7.44. The van der Waals surface area contributed by atoms with Gasteiger partial charge in [0.15, 0.2) is 9.84 Å². The zero-order chi connectivity index (χ0) is 27.8. The fourth-order valence-electron chi connectivity index (χ4n) is 3.84. The number of aryl methyl sites for hydroxylation is 1. The monoisotopic (exact) mass is 564 g/mol. The summed E-state index contributed by atoms with van der Waals surface area (Å²) in [5, 5.41) is 14.6. The summed E-state index contributed by atoms with van der Waals surface area (Å²) in [4.78, 5) is 28.3. The number of ether oxygens (including phenoxy) is 1. The number of amides is 2. The molecule has 2 heterocycles. The maximum Gasteiger partial charge on any atom is 0.408 e. The summed E-state index contributed by atoms with van der Waals surface area (Å²) in [6.45, 7) is 6.96. The second-order valence-corrected chi connectivity index (χ2v) is 12.1. The van der Waals surface area contributed by atoms with Gasteiger partial charge in [-0.1, -0.05) is 23.7 Å². The van der Waals surface area contributed by atoms with E-state index in [1.165, 1.54) is 15.8 Å². The highest BCUT2D eigenvalue weighted by molar-refractivity contribution is 7.91. The van der Waals surface area contributed by atoms with E-state index in [-0.39, 0.29) is 23.6 Å². The molecule has 4 rings (SSSR count). The molecule has 0 aliphatic carbocycles. The minimum absolute atomic E-state index is 0.0730. The Balaban J connectivity index is 1.84. The summed E-state index contributed by atoms with van der Waals surface area (Å²) in [5.74, 6) is -2.49. The van der Waals surface area contributed by atoms with Gasteiger partial charge in [-0.25, -0.2) is 17.6 Å². The molecule has 0 bridgehead atoms. The van der Waals surface area contributed by atoms with Gasteiger partial charge in [0, 0.05) is 5.02 Å². The van der Waals surface area contributed by atoms with Gasteiger partial charge in [0.05, 0.1) is 35.0 Å². The number of hydrogen-bond acceptors (Lipinski definition) is 8. The van der Waals surface area contributed by atoms with Gasteiger partial charge in [0.1, 0.15) is 17.5 Å². The average Bonchev–Trinajstić information content (AvgIpc) is 3.28. The number of aromatic nitrogens is 4. The van der Waals surface area contributed by atoms with Gasteiger partial charge in [-0.3, -0.25) is 4.79 Å². The maximum atomic E-state index is 15.3. The van der Waals surface area contributed by atoms with E-state index in [9.17, 15) is 18.0 Å². The number of tetrazole rings is 1. The van der Waals surface area contributed by atoms with Gasteiger partial charge in [-0.05, 0) is 62.7 Å². The number of rotatable bonds is 5. The molecule has 2 aromatic carbocycles. The zero-order valence-corrected chi connectivity index (χ0v) is 22.7. The lowest BCUT2D eigenvalue weighted by Crippen LogP contribution is -2.51. The third kappa shape index (κ3) is 5.94. The maximum absolute atomic E-state index is 15.3. The number of alkyl carbamates (subject to hydrolysis) is 1. The molecule has 0 spiro atoms. The van der Waals surface area contributed by atoms with Crippen LogP contribution in [-0.4, -0.2) is 58.0 Å². The Bertz CT molecular complexity index is 1490. The zero-order valence-electron chi connectivity index (χ0n) is 21.1. The Morgan fingerprint density at radius 1 is 1.24 bits per heavy atom. The Labute approximate surface area is 223 Å². The summed E-state index contributed by atoms with van der Waals surface area (Å²) in [6.07, 6.45) is -0.962. The fraction of sp³-hybridized carbons (Fsp3) is 0.375. The van der Waals surface area contributed by atoms with E-state index in [4.69, 9.17) is 16.3 Å². The van der Waals surface area contributed by atoms with Crippen LogP contribution >= 0.6 is 11.6 Å². The number of carbonyl (C=O) groups is 2. The molecule has 0 saturated carbocycles. The van der Waals surface area contributed by atoms with Crippen LogP contribution in [0.2, 0.25) is 5.02 Å². The van der Waals surface area contributed by atoms with Crippen molar-refractivity contribution in [2.24, 2.45) is 0 Å². The first kappa shape index (κ1) is 27.5. The molecule has 0 fully saturated rings. The Morgan fingerprint density at radius 2 is 1.92 bits per heavy atom. The van der Waals surface area contributed by atoms with Crippen molar-refractivity contribution in [1.82, 2.24) is 25.5 Å².